The number of imide groups is 1. The zero-order chi connectivity index (χ0) is 19.9. The Balaban J connectivity index is 1.64. The summed E-state index contributed by atoms with van der Waals surface area (Å²) in [5.74, 6) is -2.10. The molecule has 2 aromatic rings. The maximum Gasteiger partial charge on any atom is 0.329 e. The molecule has 1 saturated heterocycles. The topological polar surface area (TPSA) is 106 Å². The van der Waals surface area contributed by atoms with Gasteiger partial charge in [-0.1, -0.05) is 30.3 Å². The number of ether oxygens (including phenoxy) is 1. The summed E-state index contributed by atoms with van der Waals surface area (Å²) in [6.07, 6.45) is 2.46. The molecule has 0 radical (unpaired) electrons. The van der Waals surface area contributed by atoms with Crippen LogP contribution in [0.1, 0.15) is 29.0 Å². The molecule has 1 aliphatic heterocycles. The van der Waals surface area contributed by atoms with Gasteiger partial charge in [0.05, 0.1) is 6.26 Å². The minimum Gasteiger partial charge on any atom is -0.459 e. The summed E-state index contributed by atoms with van der Waals surface area (Å²) in [5.41, 5.74) is 0.810. The van der Waals surface area contributed by atoms with E-state index in [2.05, 4.69) is 5.32 Å². The van der Waals surface area contributed by atoms with Crippen molar-refractivity contribution in [3.8, 4) is 0 Å². The van der Waals surface area contributed by atoms with E-state index in [0.717, 1.165) is 10.5 Å². The van der Waals surface area contributed by atoms with Gasteiger partial charge in [0, 0.05) is 19.4 Å². The van der Waals surface area contributed by atoms with Gasteiger partial charge in [-0.05, 0) is 24.1 Å². The van der Waals surface area contributed by atoms with Gasteiger partial charge in [-0.15, -0.1) is 0 Å². The number of hydrogen-bond donors (Lipinski definition) is 1. The summed E-state index contributed by atoms with van der Waals surface area (Å²) in [4.78, 5) is 49.6. The number of likely N-dealkylation sites (tertiary alicyclic amines) is 1. The summed E-state index contributed by atoms with van der Waals surface area (Å²) in [5, 5.41) is 2.57. The molecule has 0 bridgehead atoms. The molecule has 1 fully saturated rings. The molecule has 28 heavy (non-hydrogen) atoms. The Bertz CT molecular complexity index is 847. The SMILES string of the molecule is O=C(N[C@@H](Cc1ccccc1)C(=O)OCC(=O)N1CCCC1=O)c1ccco1. The average Bonchev–Trinajstić information content (AvgIpc) is 3.38. The van der Waals surface area contributed by atoms with E-state index in [4.69, 9.17) is 9.15 Å². The van der Waals surface area contributed by atoms with Crippen molar-refractivity contribution in [3.63, 3.8) is 0 Å². The lowest BCUT2D eigenvalue weighted by Crippen LogP contribution is -2.44. The highest BCUT2D eigenvalue weighted by atomic mass is 16.5. The highest BCUT2D eigenvalue weighted by Crippen LogP contribution is 2.11. The van der Waals surface area contributed by atoms with Gasteiger partial charge in [0.15, 0.2) is 12.4 Å². The smallest absolute Gasteiger partial charge is 0.329 e. The lowest BCUT2D eigenvalue weighted by molar-refractivity contribution is -0.155. The van der Waals surface area contributed by atoms with Crippen LogP contribution in [-0.4, -0.2) is 47.8 Å². The maximum atomic E-state index is 12.5. The third-order valence-corrected chi connectivity index (χ3v) is 4.33. The number of amides is 3. The zero-order valence-corrected chi connectivity index (χ0v) is 15.1. The molecule has 0 unspecified atom stereocenters. The number of furan rings is 1. The Hall–Kier alpha value is -3.42. The van der Waals surface area contributed by atoms with Crippen LogP contribution in [0.5, 0.6) is 0 Å². The Morgan fingerprint density at radius 1 is 1.14 bits per heavy atom. The van der Waals surface area contributed by atoms with Crippen molar-refractivity contribution in [1.29, 1.82) is 0 Å². The highest BCUT2D eigenvalue weighted by Gasteiger charge is 2.29. The van der Waals surface area contributed by atoms with Gasteiger partial charge in [-0.3, -0.25) is 19.3 Å². The fraction of sp³-hybridized carbons (Fsp3) is 0.300. The first-order chi connectivity index (χ1) is 13.5. The van der Waals surface area contributed by atoms with Crippen molar-refractivity contribution in [3.05, 3.63) is 60.1 Å². The second-order valence-corrected chi connectivity index (χ2v) is 6.34. The maximum absolute atomic E-state index is 12.5. The Kier molecular flexibility index (Phi) is 6.21. The second kappa shape index (κ2) is 8.98. The lowest BCUT2D eigenvalue weighted by Gasteiger charge is -2.18. The summed E-state index contributed by atoms with van der Waals surface area (Å²) < 4.78 is 10.1. The van der Waals surface area contributed by atoms with E-state index in [1.54, 1.807) is 6.07 Å². The number of nitrogens with zero attached hydrogens (tertiary/aromatic N) is 1. The third-order valence-electron chi connectivity index (χ3n) is 4.33. The fourth-order valence-corrected chi connectivity index (χ4v) is 2.90. The van der Waals surface area contributed by atoms with Gasteiger partial charge >= 0.3 is 5.97 Å². The van der Waals surface area contributed by atoms with Crippen molar-refractivity contribution < 1.29 is 28.3 Å². The van der Waals surface area contributed by atoms with Crippen LogP contribution in [0.3, 0.4) is 0 Å². The van der Waals surface area contributed by atoms with Crippen molar-refractivity contribution in [2.45, 2.75) is 25.3 Å². The molecule has 1 aliphatic rings. The molecule has 0 saturated carbocycles. The van der Waals surface area contributed by atoms with Gasteiger partial charge < -0.3 is 14.5 Å². The number of esters is 1. The average molecular weight is 384 g/mol. The number of carbonyl (C=O) groups excluding carboxylic acids is 4. The van der Waals surface area contributed by atoms with E-state index in [0.29, 0.717) is 19.4 Å². The van der Waals surface area contributed by atoms with Gasteiger partial charge in [-0.25, -0.2) is 4.79 Å². The van der Waals surface area contributed by atoms with E-state index in [1.807, 2.05) is 30.3 Å². The summed E-state index contributed by atoms with van der Waals surface area (Å²) >= 11 is 0. The molecule has 1 aromatic carbocycles. The first-order valence-electron chi connectivity index (χ1n) is 8.92. The van der Waals surface area contributed by atoms with Crippen LogP contribution in [0.2, 0.25) is 0 Å². The predicted octanol–water partition coefficient (Wildman–Crippen LogP) is 1.31. The second-order valence-electron chi connectivity index (χ2n) is 6.34. The number of rotatable bonds is 7. The molecule has 1 N–H and O–H groups in total. The van der Waals surface area contributed by atoms with E-state index in [-0.39, 0.29) is 18.1 Å². The number of nitrogens with one attached hydrogen (secondary N) is 1. The molecule has 3 rings (SSSR count). The van der Waals surface area contributed by atoms with E-state index in [1.165, 1.54) is 12.3 Å². The number of carbonyl (C=O) groups is 4. The minimum absolute atomic E-state index is 0.0598. The van der Waals surface area contributed by atoms with Crippen molar-refractivity contribution in [2.24, 2.45) is 0 Å². The quantitative estimate of drug-likeness (QED) is 0.722. The zero-order valence-electron chi connectivity index (χ0n) is 15.1. The van der Waals surface area contributed by atoms with E-state index in [9.17, 15) is 19.2 Å². The number of hydrogen-bond acceptors (Lipinski definition) is 6. The van der Waals surface area contributed by atoms with Crippen LogP contribution in [0.15, 0.2) is 53.1 Å². The van der Waals surface area contributed by atoms with Crippen molar-refractivity contribution in [1.82, 2.24) is 10.2 Å². The minimum atomic E-state index is -1.01. The Morgan fingerprint density at radius 2 is 1.93 bits per heavy atom. The molecular weight excluding hydrogens is 364 g/mol. The fourth-order valence-electron chi connectivity index (χ4n) is 2.90. The Labute approximate surface area is 161 Å². The molecule has 146 valence electrons. The molecule has 1 aromatic heterocycles. The van der Waals surface area contributed by atoms with E-state index >= 15 is 0 Å². The standard InChI is InChI=1S/C20H20N2O6/c23-17-9-4-10-22(17)18(24)13-28-20(26)15(12-14-6-2-1-3-7-14)21-19(25)16-8-5-11-27-16/h1-3,5-8,11,15H,4,9-10,12-13H2,(H,21,25)/t15-/m0/s1. The predicted molar refractivity (Wildman–Crippen MR) is 97.0 cm³/mol. The molecule has 3 amide bonds. The largest absolute Gasteiger partial charge is 0.459 e. The first-order valence-corrected chi connectivity index (χ1v) is 8.92. The summed E-state index contributed by atoms with van der Waals surface area (Å²) in [7, 11) is 0. The van der Waals surface area contributed by atoms with Crippen LogP contribution >= 0.6 is 0 Å². The molecule has 0 aliphatic carbocycles. The van der Waals surface area contributed by atoms with Crippen LogP contribution in [-0.2, 0) is 25.5 Å². The number of benzene rings is 1. The van der Waals surface area contributed by atoms with Crippen LogP contribution in [0.4, 0.5) is 0 Å². The van der Waals surface area contributed by atoms with E-state index < -0.39 is 30.4 Å². The first kappa shape index (κ1) is 19.3. The van der Waals surface area contributed by atoms with Crippen LogP contribution < -0.4 is 5.32 Å². The summed E-state index contributed by atoms with van der Waals surface area (Å²) in [6, 6.07) is 11.1. The van der Waals surface area contributed by atoms with Gasteiger partial charge in [0.25, 0.3) is 11.8 Å². The van der Waals surface area contributed by atoms with Crippen LogP contribution in [0.25, 0.3) is 0 Å². The van der Waals surface area contributed by atoms with Crippen molar-refractivity contribution in [2.75, 3.05) is 13.2 Å². The monoisotopic (exact) mass is 384 g/mol. The molecular formula is C20H20N2O6. The molecule has 0 spiro atoms. The Morgan fingerprint density at radius 3 is 2.57 bits per heavy atom. The lowest BCUT2D eigenvalue weighted by atomic mass is 10.1. The van der Waals surface area contributed by atoms with Crippen LogP contribution in [0, 0.1) is 0 Å². The normalized spacial score (nSPS) is 14.6. The molecule has 8 nitrogen and oxygen atoms in total. The molecule has 2 heterocycles. The summed E-state index contributed by atoms with van der Waals surface area (Å²) in [6.45, 7) is -0.218. The van der Waals surface area contributed by atoms with Gasteiger partial charge in [0.1, 0.15) is 6.04 Å². The third kappa shape index (κ3) is 4.85. The van der Waals surface area contributed by atoms with Gasteiger partial charge in [-0.2, -0.15) is 0 Å². The molecule has 1 atom stereocenters. The highest BCUT2D eigenvalue weighted by molar-refractivity contribution is 5.98. The van der Waals surface area contributed by atoms with Crippen molar-refractivity contribution >= 4 is 23.7 Å². The molecule has 8 heteroatoms. The van der Waals surface area contributed by atoms with Gasteiger partial charge in [0.2, 0.25) is 5.91 Å².